The third kappa shape index (κ3) is 2.55. The lowest BCUT2D eigenvalue weighted by Crippen LogP contribution is -2.53. The van der Waals surface area contributed by atoms with Crippen LogP contribution in [0.4, 0.5) is 0 Å². The van der Waals surface area contributed by atoms with Gasteiger partial charge in [-0.25, -0.2) is 0 Å². The van der Waals surface area contributed by atoms with Gasteiger partial charge in [0, 0.05) is 5.39 Å². The monoisotopic (exact) mass is 392 g/mol. The van der Waals surface area contributed by atoms with Gasteiger partial charge < -0.3 is 5.11 Å². The van der Waals surface area contributed by atoms with Gasteiger partial charge in [-0.15, -0.1) is 0 Å². The van der Waals surface area contributed by atoms with Gasteiger partial charge in [0.05, 0.1) is 17.8 Å². The molecule has 2 N–H and O–H groups in total. The summed E-state index contributed by atoms with van der Waals surface area (Å²) in [6.45, 7) is 5.23. The van der Waals surface area contributed by atoms with E-state index in [-0.39, 0.29) is 6.10 Å². The Balaban J connectivity index is 1.31. The molecule has 0 aliphatic heterocycles. The van der Waals surface area contributed by atoms with Gasteiger partial charge in [0.2, 0.25) is 0 Å². The molecule has 4 fully saturated rings. The van der Waals surface area contributed by atoms with Gasteiger partial charge in [0.1, 0.15) is 0 Å². The average molecular weight is 393 g/mol. The maximum absolute atomic E-state index is 10.3. The second kappa shape index (κ2) is 6.33. The number of aliphatic hydroxyl groups excluding tert-OH is 1. The lowest BCUT2D eigenvalue weighted by atomic mass is 9.44. The molecule has 156 valence electrons. The van der Waals surface area contributed by atoms with Crippen molar-refractivity contribution >= 4 is 10.9 Å². The van der Waals surface area contributed by atoms with Crippen molar-refractivity contribution in [2.75, 3.05) is 0 Å². The zero-order valence-electron chi connectivity index (χ0n) is 18.0. The number of aromatic nitrogens is 2. The summed E-state index contributed by atoms with van der Waals surface area (Å²) in [5.41, 5.74) is 3.64. The second-order valence-corrected chi connectivity index (χ2v) is 11.5. The van der Waals surface area contributed by atoms with E-state index in [1.54, 1.807) is 5.56 Å². The van der Waals surface area contributed by atoms with E-state index in [0.29, 0.717) is 16.7 Å². The fraction of sp³-hybridized carbons (Fsp3) is 0.731. The van der Waals surface area contributed by atoms with Gasteiger partial charge in [-0.1, -0.05) is 19.9 Å². The maximum atomic E-state index is 10.3. The van der Waals surface area contributed by atoms with Crippen molar-refractivity contribution in [3.05, 3.63) is 30.0 Å². The number of hydrogen-bond donors (Lipinski definition) is 2. The largest absolute Gasteiger partial charge is 0.393 e. The molecule has 0 saturated heterocycles. The first-order chi connectivity index (χ1) is 14.0. The van der Waals surface area contributed by atoms with E-state index in [1.807, 2.05) is 6.20 Å². The second-order valence-electron chi connectivity index (χ2n) is 11.5. The first-order valence-corrected chi connectivity index (χ1v) is 12.1. The number of rotatable bonds is 1. The SMILES string of the molecule is C[C@]12CC[C@H](O)C[C@@H]1CC[C@@H]1[C@@H]2CC[C@]2(C)[C@@H](c3ccc4[nH]ncc4c3)CC[C@@H]12. The van der Waals surface area contributed by atoms with Crippen LogP contribution in [-0.2, 0) is 0 Å². The average Bonchev–Trinajstić information content (AvgIpc) is 3.31. The highest BCUT2D eigenvalue weighted by atomic mass is 16.3. The van der Waals surface area contributed by atoms with Crippen molar-refractivity contribution in [2.45, 2.75) is 83.7 Å². The minimum atomic E-state index is -0.0350. The van der Waals surface area contributed by atoms with E-state index in [2.05, 4.69) is 42.2 Å². The molecule has 0 bridgehead atoms. The minimum absolute atomic E-state index is 0.0350. The summed E-state index contributed by atoms with van der Waals surface area (Å²) in [6.07, 6.45) is 13.6. The molecule has 0 unspecified atom stereocenters. The molecule has 4 aliphatic rings. The van der Waals surface area contributed by atoms with Crippen molar-refractivity contribution < 1.29 is 5.11 Å². The molecule has 4 saturated carbocycles. The van der Waals surface area contributed by atoms with Crippen LogP contribution in [0.1, 0.15) is 83.1 Å². The van der Waals surface area contributed by atoms with Crippen molar-refractivity contribution in [3.8, 4) is 0 Å². The molecule has 4 aliphatic carbocycles. The molecule has 8 atom stereocenters. The van der Waals surface area contributed by atoms with Gasteiger partial charge in [-0.2, -0.15) is 5.10 Å². The summed E-state index contributed by atoms with van der Waals surface area (Å²) >= 11 is 0. The van der Waals surface area contributed by atoms with E-state index in [9.17, 15) is 5.11 Å². The predicted molar refractivity (Wildman–Crippen MR) is 117 cm³/mol. The zero-order valence-corrected chi connectivity index (χ0v) is 18.0. The molecule has 2 aromatic rings. The summed E-state index contributed by atoms with van der Waals surface area (Å²) in [6, 6.07) is 7.01. The fourth-order valence-electron chi connectivity index (χ4n) is 8.96. The summed E-state index contributed by atoms with van der Waals surface area (Å²) in [7, 11) is 0. The highest BCUT2D eigenvalue weighted by Gasteiger charge is 2.60. The number of aromatic amines is 1. The Morgan fingerprint density at radius 1 is 0.966 bits per heavy atom. The van der Waals surface area contributed by atoms with Crippen molar-refractivity contribution in [3.63, 3.8) is 0 Å². The molecule has 6 rings (SSSR count). The van der Waals surface area contributed by atoms with Crippen molar-refractivity contribution in [1.82, 2.24) is 10.2 Å². The minimum Gasteiger partial charge on any atom is -0.393 e. The van der Waals surface area contributed by atoms with Crippen LogP contribution < -0.4 is 0 Å². The Bertz CT molecular complexity index is 920. The third-order valence-electron chi connectivity index (χ3n) is 10.5. The Labute approximate surface area is 174 Å². The Morgan fingerprint density at radius 2 is 1.79 bits per heavy atom. The van der Waals surface area contributed by atoms with Gasteiger partial charge in [0.15, 0.2) is 0 Å². The molecule has 1 aromatic heterocycles. The van der Waals surface area contributed by atoms with Crippen LogP contribution in [0.25, 0.3) is 10.9 Å². The lowest BCUT2D eigenvalue weighted by Gasteiger charge is -2.61. The topological polar surface area (TPSA) is 48.9 Å². The number of fused-ring (bicyclic) bond motifs is 6. The van der Waals surface area contributed by atoms with E-state index in [0.717, 1.165) is 42.0 Å². The quantitative estimate of drug-likeness (QED) is 0.620. The molecule has 1 heterocycles. The van der Waals surface area contributed by atoms with E-state index in [4.69, 9.17) is 0 Å². The highest BCUT2D eigenvalue weighted by molar-refractivity contribution is 5.78. The lowest BCUT2D eigenvalue weighted by molar-refractivity contribution is -0.122. The van der Waals surface area contributed by atoms with E-state index in [1.165, 1.54) is 50.3 Å². The zero-order chi connectivity index (χ0) is 19.8. The molecule has 0 radical (unpaired) electrons. The molecule has 0 amide bonds. The van der Waals surface area contributed by atoms with Gasteiger partial charge >= 0.3 is 0 Å². The molecule has 29 heavy (non-hydrogen) atoms. The van der Waals surface area contributed by atoms with Crippen LogP contribution in [0, 0.1) is 34.5 Å². The van der Waals surface area contributed by atoms with Crippen LogP contribution in [0.3, 0.4) is 0 Å². The Morgan fingerprint density at radius 3 is 2.69 bits per heavy atom. The summed E-state index contributed by atoms with van der Waals surface area (Å²) in [4.78, 5) is 0. The van der Waals surface area contributed by atoms with Crippen LogP contribution >= 0.6 is 0 Å². The normalized spacial score (nSPS) is 46.9. The van der Waals surface area contributed by atoms with Crippen LogP contribution in [-0.4, -0.2) is 21.4 Å². The summed E-state index contributed by atoms with van der Waals surface area (Å²) in [5, 5.41) is 18.9. The van der Waals surface area contributed by atoms with Gasteiger partial charge in [0.25, 0.3) is 0 Å². The molecule has 3 heteroatoms. The van der Waals surface area contributed by atoms with Crippen LogP contribution in [0.15, 0.2) is 24.4 Å². The van der Waals surface area contributed by atoms with E-state index < -0.39 is 0 Å². The van der Waals surface area contributed by atoms with Gasteiger partial charge in [-0.3, -0.25) is 5.10 Å². The number of aliphatic hydroxyl groups is 1. The van der Waals surface area contributed by atoms with Gasteiger partial charge in [-0.05, 0) is 116 Å². The summed E-state index contributed by atoms with van der Waals surface area (Å²) in [5.74, 6) is 4.15. The molecular weight excluding hydrogens is 356 g/mol. The molecular formula is C26H36N2O. The molecule has 3 nitrogen and oxygen atoms in total. The fourth-order valence-corrected chi connectivity index (χ4v) is 8.96. The number of benzene rings is 1. The smallest absolute Gasteiger partial charge is 0.0650 e. The maximum Gasteiger partial charge on any atom is 0.0650 e. The predicted octanol–water partition coefficient (Wildman–Crippen LogP) is 6.05. The van der Waals surface area contributed by atoms with Crippen LogP contribution in [0.2, 0.25) is 0 Å². The first-order valence-electron chi connectivity index (χ1n) is 12.1. The Hall–Kier alpha value is -1.35. The number of nitrogens with one attached hydrogen (secondary N) is 1. The highest BCUT2D eigenvalue weighted by Crippen LogP contribution is 2.69. The number of hydrogen-bond acceptors (Lipinski definition) is 2. The standard InChI is InChI=1S/C26H36N2O/c1-25-11-9-19(29)14-18(25)4-5-20-22-7-6-21(26(22,2)12-10-23(20)25)16-3-8-24-17(13-16)15-27-28-24/h3,8,13,15,18-23,29H,4-7,9-12,14H2,1-2H3,(H,27,28)/t18-,19-,20-,21+,22-,23-,25-,26+/m0/s1. The number of H-pyrrole nitrogens is 1. The van der Waals surface area contributed by atoms with Crippen molar-refractivity contribution in [2.24, 2.45) is 34.5 Å². The summed E-state index contributed by atoms with van der Waals surface area (Å²) < 4.78 is 0. The first kappa shape index (κ1) is 18.4. The van der Waals surface area contributed by atoms with Crippen molar-refractivity contribution in [1.29, 1.82) is 0 Å². The Kier molecular flexibility index (Phi) is 4.02. The molecule has 1 aromatic carbocycles. The molecule has 0 spiro atoms. The third-order valence-corrected chi connectivity index (χ3v) is 10.5. The van der Waals surface area contributed by atoms with E-state index >= 15 is 0 Å². The number of nitrogens with zero attached hydrogens (tertiary/aromatic N) is 1. The van der Waals surface area contributed by atoms with Crippen LogP contribution in [0.5, 0.6) is 0 Å².